The van der Waals surface area contributed by atoms with Crippen molar-refractivity contribution in [3.05, 3.63) is 23.6 Å². The summed E-state index contributed by atoms with van der Waals surface area (Å²) < 4.78 is 21.1. The molecule has 2 rings (SSSR count). The van der Waals surface area contributed by atoms with Crippen molar-refractivity contribution in [2.45, 2.75) is 6.92 Å². The van der Waals surface area contributed by atoms with Gasteiger partial charge in [0.25, 0.3) is 0 Å². The van der Waals surface area contributed by atoms with E-state index in [0.717, 1.165) is 0 Å². The molecule has 0 saturated carbocycles. The van der Waals surface area contributed by atoms with E-state index in [4.69, 9.17) is 30.5 Å². The smallest absolute Gasteiger partial charge is 0.302 e. The lowest BCUT2D eigenvalue weighted by molar-refractivity contribution is -0.141. The normalized spacial score (nSPS) is 10.6. The number of methoxy groups -OCH3 is 1. The number of aromatic nitrogens is 2. The van der Waals surface area contributed by atoms with Gasteiger partial charge in [0.1, 0.15) is 31.3 Å². The molecule has 0 saturated heterocycles. The molecule has 0 aliphatic carbocycles. The fraction of sp³-hybridized carbons (Fsp3) is 0.400. The van der Waals surface area contributed by atoms with Gasteiger partial charge in [0.05, 0.1) is 12.1 Å². The molecule has 1 aromatic carbocycles. The van der Waals surface area contributed by atoms with Crippen molar-refractivity contribution >= 4 is 28.5 Å². The Kier molecular flexibility index (Phi) is 6.37. The average Bonchev–Trinajstić information content (AvgIpc) is 2.52. The van der Waals surface area contributed by atoms with Crippen LogP contribution in [0, 0.1) is 0 Å². The highest BCUT2D eigenvalue weighted by Crippen LogP contribution is 2.34. The average molecular weight is 341 g/mol. The van der Waals surface area contributed by atoms with Crippen LogP contribution in [-0.4, -0.2) is 49.5 Å². The zero-order chi connectivity index (χ0) is 16.7. The maximum Gasteiger partial charge on any atom is 0.302 e. The fourth-order valence-electron chi connectivity index (χ4n) is 1.83. The first kappa shape index (κ1) is 17.2. The minimum absolute atomic E-state index is 0.148. The highest BCUT2D eigenvalue weighted by molar-refractivity contribution is 6.34. The minimum Gasteiger partial charge on any atom is -0.487 e. The number of halogens is 1. The molecular formula is C15H17ClN2O5. The number of fused-ring (bicyclic) bond motifs is 1. The lowest BCUT2D eigenvalue weighted by Gasteiger charge is -2.14. The van der Waals surface area contributed by atoms with Crippen molar-refractivity contribution in [3.8, 4) is 11.5 Å². The number of carbonyl (C=O) groups is 1. The number of nitrogens with zero attached hydrogens (tertiary/aromatic N) is 2. The van der Waals surface area contributed by atoms with Gasteiger partial charge >= 0.3 is 5.97 Å². The molecule has 0 atom stereocenters. The number of esters is 1. The van der Waals surface area contributed by atoms with Crippen LogP contribution in [0.25, 0.3) is 10.9 Å². The maximum atomic E-state index is 10.8. The zero-order valence-corrected chi connectivity index (χ0v) is 13.6. The van der Waals surface area contributed by atoms with Gasteiger partial charge in [-0.1, -0.05) is 11.6 Å². The van der Waals surface area contributed by atoms with Gasteiger partial charge in [0.15, 0.2) is 11.5 Å². The molecule has 7 nitrogen and oxygen atoms in total. The Morgan fingerprint density at radius 2 is 1.78 bits per heavy atom. The van der Waals surface area contributed by atoms with Crippen LogP contribution in [0.5, 0.6) is 11.5 Å². The molecular weight excluding hydrogens is 324 g/mol. The molecule has 0 spiro atoms. The molecule has 0 fully saturated rings. The monoisotopic (exact) mass is 340 g/mol. The van der Waals surface area contributed by atoms with Crippen molar-refractivity contribution in [3.63, 3.8) is 0 Å². The Morgan fingerprint density at radius 3 is 2.48 bits per heavy atom. The van der Waals surface area contributed by atoms with Gasteiger partial charge in [-0.3, -0.25) is 4.79 Å². The number of ether oxygens (including phenoxy) is 4. The van der Waals surface area contributed by atoms with E-state index in [2.05, 4.69) is 9.97 Å². The van der Waals surface area contributed by atoms with Gasteiger partial charge in [-0.15, -0.1) is 0 Å². The molecule has 0 amide bonds. The molecule has 23 heavy (non-hydrogen) atoms. The fourth-order valence-corrected chi connectivity index (χ4v) is 2.03. The Balaban J connectivity index is 2.20. The van der Waals surface area contributed by atoms with Gasteiger partial charge in [-0.25, -0.2) is 9.97 Å². The Bertz CT molecular complexity index is 680. The molecule has 0 radical (unpaired) electrons. The van der Waals surface area contributed by atoms with Crippen molar-refractivity contribution < 1.29 is 23.7 Å². The number of hydrogen-bond donors (Lipinski definition) is 0. The summed E-state index contributed by atoms with van der Waals surface area (Å²) in [4.78, 5) is 18.9. The lowest BCUT2D eigenvalue weighted by Crippen LogP contribution is -2.11. The van der Waals surface area contributed by atoms with E-state index in [0.29, 0.717) is 40.8 Å². The largest absolute Gasteiger partial charge is 0.487 e. The Hall–Kier alpha value is -2.12. The predicted molar refractivity (Wildman–Crippen MR) is 84.0 cm³/mol. The first-order chi connectivity index (χ1) is 11.1. The number of carbonyl (C=O) groups excluding carboxylic acids is 1. The molecule has 1 aromatic heterocycles. The van der Waals surface area contributed by atoms with Crippen molar-refractivity contribution in [1.82, 2.24) is 9.97 Å². The summed E-state index contributed by atoms with van der Waals surface area (Å²) in [7, 11) is 1.59. The summed E-state index contributed by atoms with van der Waals surface area (Å²) in [5.74, 6) is 0.618. The standard InChI is InChI=1S/C15H17ClN2O5/c1-10(19)21-5-6-23-14-8-12-11(15(16)18-9-17-12)7-13(14)22-4-3-20-2/h7-9H,3-6H2,1-2H3. The van der Waals surface area contributed by atoms with E-state index in [9.17, 15) is 4.79 Å². The Morgan fingerprint density at radius 1 is 1.09 bits per heavy atom. The maximum absolute atomic E-state index is 10.8. The summed E-state index contributed by atoms with van der Waals surface area (Å²) in [6, 6.07) is 3.42. The van der Waals surface area contributed by atoms with Crippen LogP contribution in [0.1, 0.15) is 6.92 Å². The summed E-state index contributed by atoms with van der Waals surface area (Å²) in [5.41, 5.74) is 0.631. The molecule has 0 N–H and O–H groups in total. The molecule has 0 bridgehead atoms. The van der Waals surface area contributed by atoms with Crippen LogP contribution in [0.15, 0.2) is 18.5 Å². The number of rotatable bonds is 8. The topological polar surface area (TPSA) is 79.8 Å². The van der Waals surface area contributed by atoms with Crippen LogP contribution in [0.2, 0.25) is 5.15 Å². The van der Waals surface area contributed by atoms with Crippen LogP contribution in [-0.2, 0) is 14.3 Å². The van der Waals surface area contributed by atoms with E-state index in [1.165, 1.54) is 13.3 Å². The molecule has 124 valence electrons. The molecule has 0 aliphatic rings. The van der Waals surface area contributed by atoms with Crippen molar-refractivity contribution in [2.75, 3.05) is 33.5 Å². The van der Waals surface area contributed by atoms with Crippen LogP contribution in [0.4, 0.5) is 0 Å². The third kappa shape index (κ3) is 4.94. The van der Waals surface area contributed by atoms with Gasteiger partial charge in [-0.05, 0) is 6.07 Å². The van der Waals surface area contributed by atoms with E-state index in [1.54, 1.807) is 19.2 Å². The van der Waals surface area contributed by atoms with Crippen LogP contribution < -0.4 is 9.47 Å². The molecule has 8 heteroatoms. The second-order valence-corrected chi connectivity index (χ2v) is 4.87. The summed E-state index contributed by atoms with van der Waals surface area (Å²) in [5, 5.41) is 0.993. The summed E-state index contributed by atoms with van der Waals surface area (Å²) in [6.07, 6.45) is 1.37. The van der Waals surface area contributed by atoms with E-state index in [-0.39, 0.29) is 19.2 Å². The third-order valence-electron chi connectivity index (χ3n) is 2.84. The van der Waals surface area contributed by atoms with E-state index < -0.39 is 0 Å². The predicted octanol–water partition coefficient (Wildman–Crippen LogP) is 2.25. The van der Waals surface area contributed by atoms with Gasteiger partial charge < -0.3 is 18.9 Å². The Labute approximate surface area is 138 Å². The van der Waals surface area contributed by atoms with Gasteiger partial charge in [0, 0.05) is 25.5 Å². The zero-order valence-electron chi connectivity index (χ0n) is 12.9. The quantitative estimate of drug-likeness (QED) is 0.414. The molecule has 0 aliphatic heterocycles. The number of hydrogen-bond acceptors (Lipinski definition) is 7. The van der Waals surface area contributed by atoms with E-state index >= 15 is 0 Å². The van der Waals surface area contributed by atoms with Crippen molar-refractivity contribution in [1.29, 1.82) is 0 Å². The van der Waals surface area contributed by atoms with Crippen LogP contribution >= 0.6 is 11.6 Å². The SMILES string of the molecule is COCCOc1cc2c(Cl)ncnc2cc1OCCOC(C)=O. The van der Waals surface area contributed by atoms with Gasteiger partial charge in [-0.2, -0.15) is 0 Å². The molecule has 2 aromatic rings. The third-order valence-corrected chi connectivity index (χ3v) is 3.14. The van der Waals surface area contributed by atoms with E-state index in [1.807, 2.05) is 0 Å². The molecule has 0 unspecified atom stereocenters. The highest BCUT2D eigenvalue weighted by atomic mass is 35.5. The lowest BCUT2D eigenvalue weighted by atomic mass is 10.2. The first-order valence-corrected chi connectivity index (χ1v) is 7.31. The second-order valence-electron chi connectivity index (χ2n) is 4.51. The summed E-state index contributed by atoms with van der Waals surface area (Å²) in [6.45, 7) is 2.48. The van der Waals surface area contributed by atoms with Gasteiger partial charge in [0.2, 0.25) is 0 Å². The minimum atomic E-state index is -0.358. The molecule has 1 heterocycles. The second kappa shape index (κ2) is 8.50. The highest BCUT2D eigenvalue weighted by Gasteiger charge is 2.11. The summed E-state index contributed by atoms with van der Waals surface area (Å²) >= 11 is 6.07. The van der Waals surface area contributed by atoms with Crippen molar-refractivity contribution in [2.24, 2.45) is 0 Å². The van der Waals surface area contributed by atoms with Crippen LogP contribution in [0.3, 0.4) is 0 Å². The number of benzene rings is 1. The first-order valence-electron chi connectivity index (χ1n) is 6.94.